The lowest BCUT2D eigenvalue weighted by Gasteiger charge is -2.11. The van der Waals surface area contributed by atoms with Crippen LogP contribution in [0.5, 0.6) is 5.75 Å². The Labute approximate surface area is 203 Å². The SMILES string of the molecule is COc1cc(NC(=O)CSc2nnc(-n3nnc4ccccc43)n2-c2ccccc2)ccc1Cl. The lowest BCUT2D eigenvalue weighted by atomic mass is 10.3. The largest absolute Gasteiger partial charge is 0.495 e. The van der Waals surface area contributed by atoms with Gasteiger partial charge in [0.25, 0.3) is 5.95 Å². The van der Waals surface area contributed by atoms with Gasteiger partial charge in [-0.3, -0.25) is 9.36 Å². The molecule has 0 aliphatic carbocycles. The normalized spacial score (nSPS) is 11.0. The molecular formula is C23H18ClN7O2S. The van der Waals surface area contributed by atoms with Crippen LogP contribution in [0.1, 0.15) is 0 Å². The van der Waals surface area contributed by atoms with E-state index in [9.17, 15) is 4.79 Å². The number of thioether (sulfide) groups is 1. The number of para-hydroxylation sites is 2. The van der Waals surface area contributed by atoms with Gasteiger partial charge in [-0.2, -0.15) is 4.68 Å². The van der Waals surface area contributed by atoms with Crippen molar-refractivity contribution in [3.63, 3.8) is 0 Å². The lowest BCUT2D eigenvalue weighted by molar-refractivity contribution is -0.113. The summed E-state index contributed by atoms with van der Waals surface area (Å²) in [5.41, 5.74) is 2.98. The van der Waals surface area contributed by atoms with E-state index in [1.54, 1.807) is 22.9 Å². The standard InChI is InChI=1S/C23H18ClN7O2S/c1-33-20-13-15(11-12-17(20)24)25-21(32)14-34-23-28-27-22(30(23)16-7-3-2-4-8-16)31-19-10-6-5-9-18(19)26-29-31/h2-13H,14H2,1H3,(H,25,32). The molecule has 0 unspecified atom stereocenters. The van der Waals surface area contributed by atoms with Crippen molar-refractivity contribution < 1.29 is 9.53 Å². The predicted octanol–water partition coefficient (Wildman–Crippen LogP) is 4.39. The van der Waals surface area contributed by atoms with Crippen LogP contribution in [0.4, 0.5) is 5.69 Å². The van der Waals surface area contributed by atoms with E-state index < -0.39 is 0 Å². The molecule has 9 nitrogen and oxygen atoms in total. The summed E-state index contributed by atoms with van der Waals surface area (Å²) in [6.07, 6.45) is 0. The van der Waals surface area contributed by atoms with Gasteiger partial charge in [0.1, 0.15) is 11.3 Å². The maximum Gasteiger partial charge on any atom is 0.259 e. The Morgan fingerprint density at radius 3 is 2.65 bits per heavy atom. The van der Waals surface area contributed by atoms with E-state index in [1.807, 2.05) is 59.2 Å². The molecule has 0 atom stereocenters. The minimum absolute atomic E-state index is 0.119. The summed E-state index contributed by atoms with van der Waals surface area (Å²) in [5, 5.41) is 21.1. The Kier molecular flexibility index (Phi) is 6.15. The van der Waals surface area contributed by atoms with Crippen LogP contribution in [0, 0.1) is 0 Å². The van der Waals surface area contributed by atoms with Crippen LogP contribution >= 0.6 is 23.4 Å². The minimum atomic E-state index is -0.204. The third kappa shape index (κ3) is 4.33. The number of anilines is 1. The van der Waals surface area contributed by atoms with Gasteiger partial charge in [-0.25, -0.2) is 0 Å². The van der Waals surface area contributed by atoms with Gasteiger partial charge < -0.3 is 10.1 Å². The Hall–Kier alpha value is -3.89. The van der Waals surface area contributed by atoms with E-state index >= 15 is 0 Å². The zero-order chi connectivity index (χ0) is 23.5. The fourth-order valence-corrected chi connectivity index (χ4v) is 4.32. The molecule has 0 saturated carbocycles. The van der Waals surface area contributed by atoms with Crippen LogP contribution in [0.25, 0.3) is 22.7 Å². The summed E-state index contributed by atoms with van der Waals surface area (Å²) < 4.78 is 8.70. The number of hydrogen-bond acceptors (Lipinski definition) is 7. The van der Waals surface area contributed by atoms with Crippen LogP contribution in [-0.4, -0.2) is 48.5 Å². The van der Waals surface area contributed by atoms with Gasteiger partial charge in [0.15, 0.2) is 5.16 Å². The zero-order valence-corrected chi connectivity index (χ0v) is 19.5. The number of nitrogens with zero attached hydrogens (tertiary/aromatic N) is 6. The Morgan fingerprint density at radius 2 is 1.82 bits per heavy atom. The molecule has 0 radical (unpaired) electrons. The van der Waals surface area contributed by atoms with E-state index in [4.69, 9.17) is 16.3 Å². The Morgan fingerprint density at radius 1 is 1.03 bits per heavy atom. The van der Waals surface area contributed by atoms with Gasteiger partial charge in [0.05, 0.1) is 29.1 Å². The molecule has 3 aromatic carbocycles. The van der Waals surface area contributed by atoms with E-state index in [1.165, 1.54) is 18.9 Å². The topological polar surface area (TPSA) is 99.8 Å². The quantitative estimate of drug-likeness (QED) is 0.337. The van der Waals surface area contributed by atoms with E-state index in [2.05, 4.69) is 25.8 Å². The minimum Gasteiger partial charge on any atom is -0.495 e. The molecule has 170 valence electrons. The number of nitrogens with one attached hydrogen (secondary N) is 1. The number of halogens is 1. The highest BCUT2D eigenvalue weighted by molar-refractivity contribution is 7.99. The van der Waals surface area contributed by atoms with Crippen molar-refractivity contribution >= 4 is 46.0 Å². The number of carbonyl (C=O) groups is 1. The number of benzene rings is 3. The van der Waals surface area contributed by atoms with Crippen molar-refractivity contribution in [2.24, 2.45) is 0 Å². The average molecular weight is 492 g/mol. The molecule has 0 spiro atoms. The molecule has 0 aliphatic heterocycles. The number of aromatic nitrogens is 6. The van der Waals surface area contributed by atoms with Crippen LogP contribution in [0.2, 0.25) is 5.02 Å². The summed E-state index contributed by atoms with van der Waals surface area (Å²) >= 11 is 7.32. The van der Waals surface area contributed by atoms with Crippen LogP contribution < -0.4 is 10.1 Å². The van der Waals surface area contributed by atoms with Gasteiger partial charge in [0, 0.05) is 11.8 Å². The number of carbonyl (C=O) groups excluding carboxylic acids is 1. The van der Waals surface area contributed by atoms with E-state index in [-0.39, 0.29) is 11.7 Å². The molecule has 5 rings (SSSR count). The van der Waals surface area contributed by atoms with Crippen molar-refractivity contribution in [2.75, 3.05) is 18.2 Å². The van der Waals surface area contributed by atoms with E-state index in [0.717, 1.165) is 16.7 Å². The summed E-state index contributed by atoms with van der Waals surface area (Å²) in [4.78, 5) is 12.6. The summed E-state index contributed by atoms with van der Waals surface area (Å²) in [6, 6.07) is 22.3. The summed E-state index contributed by atoms with van der Waals surface area (Å²) in [6.45, 7) is 0. The number of ether oxygens (including phenoxy) is 1. The zero-order valence-electron chi connectivity index (χ0n) is 17.9. The molecule has 1 N–H and O–H groups in total. The molecular weight excluding hydrogens is 474 g/mol. The number of hydrogen-bond donors (Lipinski definition) is 1. The lowest BCUT2D eigenvalue weighted by Crippen LogP contribution is -2.15. The molecule has 0 saturated heterocycles. The molecule has 5 aromatic rings. The molecule has 34 heavy (non-hydrogen) atoms. The first-order valence-electron chi connectivity index (χ1n) is 10.2. The fourth-order valence-electron chi connectivity index (χ4n) is 3.38. The highest BCUT2D eigenvalue weighted by Crippen LogP contribution is 2.28. The Balaban J connectivity index is 1.43. The van der Waals surface area contributed by atoms with Gasteiger partial charge >= 0.3 is 0 Å². The van der Waals surface area contributed by atoms with Gasteiger partial charge in [-0.1, -0.05) is 58.9 Å². The first kappa shape index (κ1) is 21.9. The maximum absolute atomic E-state index is 12.6. The number of fused-ring (bicyclic) bond motifs is 1. The van der Waals surface area contributed by atoms with Crippen molar-refractivity contribution in [3.05, 3.63) is 77.8 Å². The smallest absolute Gasteiger partial charge is 0.259 e. The molecule has 0 aliphatic rings. The molecule has 0 bridgehead atoms. The first-order chi connectivity index (χ1) is 16.6. The number of rotatable bonds is 7. The van der Waals surface area contributed by atoms with E-state index in [0.29, 0.717) is 27.6 Å². The van der Waals surface area contributed by atoms with Crippen molar-refractivity contribution in [1.82, 2.24) is 29.8 Å². The summed E-state index contributed by atoms with van der Waals surface area (Å²) in [7, 11) is 1.52. The third-order valence-corrected chi connectivity index (χ3v) is 6.18. The van der Waals surface area contributed by atoms with Gasteiger partial charge in [-0.05, 0) is 36.4 Å². The second-order valence-corrected chi connectivity index (χ2v) is 8.48. The number of amides is 1. The molecule has 2 heterocycles. The molecule has 0 fully saturated rings. The van der Waals surface area contributed by atoms with Crippen LogP contribution in [-0.2, 0) is 4.79 Å². The van der Waals surface area contributed by atoms with Crippen molar-refractivity contribution in [2.45, 2.75) is 5.16 Å². The molecule has 1 amide bonds. The fraction of sp³-hybridized carbons (Fsp3) is 0.0870. The highest BCUT2D eigenvalue weighted by Gasteiger charge is 2.20. The Bertz CT molecular complexity index is 1470. The van der Waals surface area contributed by atoms with Crippen molar-refractivity contribution in [1.29, 1.82) is 0 Å². The monoisotopic (exact) mass is 491 g/mol. The second-order valence-electron chi connectivity index (χ2n) is 7.13. The summed E-state index contributed by atoms with van der Waals surface area (Å²) in [5.74, 6) is 0.879. The van der Waals surface area contributed by atoms with Crippen LogP contribution in [0.3, 0.4) is 0 Å². The predicted molar refractivity (Wildman–Crippen MR) is 131 cm³/mol. The molecule has 2 aromatic heterocycles. The highest BCUT2D eigenvalue weighted by atomic mass is 35.5. The number of methoxy groups -OCH3 is 1. The van der Waals surface area contributed by atoms with Gasteiger partial charge in [-0.15, -0.1) is 15.3 Å². The third-order valence-electron chi connectivity index (χ3n) is 4.94. The van der Waals surface area contributed by atoms with Gasteiger partial charge in [0.2, 0.25) is 5.91 Å². The first-order valence-corrected chi connectivity index (χ1v) is 11.6. The average Bonchev–Trinajstić information content (AvgIpc) is 3.48. The van der Waals surface area contributed by atoms with Crippen molar-refractivity contribution in [3.8, 4) is 17.4 Å². The second kappa shape index (κ2) is 9.54. The van der Waals surface area contributed by atoms with Crippen LogP contribution in [0.15, 0.2) is 78.0 Å². The molecule has 11 heteroatoms. The maximum atomic E-state index is 12.6.